The van der Waals surface area contributed by atoms with Gasteiger partial charge in [0.25, 0.3) is 0 Å². The van der Waals surface area contributed by atoms with Crippen molar-refractivity contribution in [3.8, 4) is 0 Å². The molecule has 116 valence electrons. The van der Waals surface area contributed by atoms with Crippen molar-refractivity contribution >= 4 is 6.03 Å². The number of urea groups is 1. The molecule has 2 amide bonds. The zero-order valence-electron chi connectivity index (χ0n) is 12.8. The highest BCUT2D eigenvalue weighted by Crippen LogP contribution is 2.47. The van der Waals surface area contributed by atoms with Crippen LogP contribution in [0.2, 0.25) is 0 Å². The third-order valence-corrected chi connectivity index (χ3v) is 4.49. The summed E-state index contributed by atoms with van der Waals surface area (Å²) in [5.74, 6) is 0. The molecule has 0 spiro atoms. The molecule has 4 nitrogen and oxygen atoms in total. The number of nitrogens with one attached hydrogen (secondary N) is 2. The van der Waals surface area contributed by atoms with Crippen LogP contribution in [0.25, 0.3) is 0 Å². The Morgan fingerprint density at radius 1 is 1.33 bits per heavy atom. The van der Waals surface area contributed by atoms with E-state index in [1.165, 1.54) is 12.8 Å². The lowest BCUT2D eigenvalue weighted by molar-refractivity contribution is 0.230. The van der Waals surface area contributed by atoms with Crippen LogP contribution in [-0.4, -0.2) is 24.3 Å². The lowest BCUT2D eigenvalue weighted by Gasteiger charge is -2.21. The van der Waals surface area contributed by atoms with Gasteiger partial charge < -0.3 is 15.7 Å². The predicted octanol–water partition coefficient (Wildman–Crippen LogP) is 2.99. The number of rotatable bonds is 8. The van der Waals surface area contributed by atoms with Crippen LogP contribution in [0.15, 0.2) is 30.3 Å². The van der Waals surface area contributed by atoms with Crippen LogP contribution in [0.1, 0.15) is 50.6 Å². The van der Waals surface area contributed by atoms with Crippen molar-refractivity contribution in [2.45, 2.75) is 45.1 Å². The van der Waals surface area contributed by atoms with Crippen LogP contribution in [-0.2, 0) is 0 Å². The van der Waals surface area contributed by atoms with Gasteiger partial charge in [-0.05, 0) is 43.1 Å². The van der Waals surface area contributed by atoms with E-state index in [1.54, 1.807) is 0 Å². The van der Waals surface area contributed by atoms with E-state index in [0.29, 0.717) is 11.8 Å². The van der Waals surface area contributed by atoms with Crippen LogP contribution in [0.4, 0.5) is 4.79 Å². The fraction of sp³-hybridized carbons (Fsp3) is 0.588. The van der Waals surface area contributed by atoms with E-state index in [4.69, 9.17) is 5.11 Å². The van der Waals surface area contributed by atoms with Gasteiger partial charge in [-0.1, -0.05) is 37.3 Å². The topological polar surface area (TPSA) is 61.4 Å². The molecule has 1 aromatic carbocycles. The normalized spacial score (nSPS) is 17.0. The average Bonchev–Trinajstić information content (AvgIpc) is 3.31. The third-order valence-electron chi connectivity index (χ3n) is 4.49. The first-order valence-corrected chi connectivity index (χ1v) is 7.89. The molecule has 0 saturated heterocycles. The van der Waals surface area contributed by atoms with E-state index in [-0.39, 0.29) is 18.7 Å². The van der Waals surface area contributed by atoms with Gasteiger partial charge in [0.05, 0.1) is 6.04 Å². The molecular weight excluding hydrogens is 264 g/mol. The molecule has 0 heterocycles. The summed E-state index contributed by atoms with van der Waals surface area (Å²) in [5, 5.41) is 15.0. The van der Waals surface area contributed by atoms with Gasteiger partial charge in [-0.15, -0.1) is 0 Å². The van der Waals surface area contributed by atoms with Gasteiger partial charge in [0.2, 0.25) is 0 Å². The average molecular weight is 290 g/mol. The Balaban J connectivity index is 1.87. The number of aliphatic hydroxyl groups is 1. The van der Waals surface area contributed by atoms with Crippen molar-refractivity contribution in [1.82, 2.24) is 10.6 Å². The zero-order valence-corrected chi connectivity index (χ0v) is 12.8. The molecule has 1 fully saturated rings. The first kappa shape index (κ1) is 15.8. The van der Waals surface area contributed by atoms with Crippen LogP contribution in [0, 0.1) is 5.41 Å². The fourth-order valence-corrected chi connectivity index (χ4v) is 2.61. The summed E-state index contributed by atoms with van der Waals surface area (Å²) in [7, 11) is 0. The third kappa shape index (κ3) is 4.74. The Hall–Kier alpha value is -1.55. The Morgan fingerprint density at radius 2 is 2.05 bits per heavy atom. The fourth-order valence-electron chi connectivity index (χ4n) is 2.61. The summed E-state index contributed by atoms with van der Waals surface area (Å²) < 4.78 is 0. The second-order valence-corrected chi connectivity index (χ2v) is 6.01. The summed E-state index contributed by atoms with van der Waals surface area (Å²) in [4.78, 5) is 12.1. The van der Waals surface area contributed by atoms with Crippen molar-refractivity contribution in [3.05, 3.63) is 35.9 Å². The van der Waals surface area contributed by atoms with Gasteiger partial charge in [0.15, 0.2) is 0 Å². The highest BCUT2D eigenvalue weighted by Gasteiger charge is 2.40. The molecule has 1 aliphatic carbocycles. The van der Waals surface area contributed by atoms with Gasteiger partial charge in [-0.2, -0.15) is 0 Å². The lowest BCUT2D eigenvalue weighted by Crippen LogP contribution is -2.40. The number of hydrogen-bond acceptors (Lipinski definition) is 2. The summed E-state index contributed by atoms with van der Waals surface area (Å²) >= 11 is 0. The minimum Gasteiger partial charge on any atom is -0.396 e. The number of carbonyl (C=O) groups excluding carboxylic acids is 1. The quantitative estimate of drug-likeness (QED) is 0.689. The minimum absolute atomic E-state index is 0.0462. The van der Waals surface area contributed by atoms with Crippen molar-refractivity contribution in [3.63, 3.8) is 0 Å². The number of benzene rings is 1. The zero-order chi connectivity index (χ0) is 15.1. The van der Waals surface area contributed by atoms with Crippen molar-refractivity contribution in [2.75, 3.05) is 13.2 Å². The minimum atomic E-state index is -0.110. The molecule has 1 aromatic rings. The Kier molecular flexibility index (Phi) is 5.62. The molecule has 0 aromatic heterocycles. The summed E-state index contributed by atoms with van der Waals surface area (Å²) in [6.07, 6.45) is 4.98. The van der Waals surface area contributed by atoms with E-state index >= 15 is 0 Å². The molecule has 0 aliphatic heterocycles. The van der Waals surface area contributed by atoms with E-state index in [1.807, 2.05) is 30.3 Å². The molecule has 4 heteroatoms. The van der Waals surface area contributed by atoms with Crippen molar-refractivity contribution < 1.29 is 9.90 Å². The number of aliphatic hydroxyl groups excluding tert-OH is 1. The molecular formula is C17H26N2O2. The molecule has 21 heavy (non-hydrogen) atoms. The maximum atomic E-state index is 12.1. The van der Waals surface area contributed by atoms with Gasteiger partial charge >= 0.3 is 6.03 Å². The van der Waals surface area contributed by atoms with E-state index in [9.17, 15) is 4.79 Å². The van der Waals surface area contributed by atoms with Crippen molar-refractivity contribution in [1.29, 1.82) is 0 Å². The van der Waals surface area contributed by atoms with E-state index in [0.717, 1.165) is 24.9 Å². The highest BCUT2D eigenvalue weighted by molar-refractivity contribution is 5.74. The molecule has 3 N–H and O–H groups in total. The van der Waals surface area contributed by atoms with E-state index < -0.39 is 0 Å². The molecule has 2 rings (SSSR count). The Labute approximate surface area is 126 Å². The van der Waals surface area contributed by atoms with Crippen LogP contribution < -0.4 is 10.6 Å². The monoisotopic (exact) mass is 290 g/mol. The second-order valence-electron chi connectivity index (χ2n) is 6.01. The largest absolute Gasteiger partial charge is 0.396 e. The maximum absolute atomic E-state index is 12.1. The first-order chi connectivity index (χ1) is 10.2. The molecule has 1 unspecified atom stereocenters. The second kappa shape index (κ2) is 7.46. The molecule has 0 bridgehead atoms. The first-order valence-electron chi connectivity index (χ1n) is 7.89. The van der Waals surface area contributed by atoms with Crippen molar-refractivity contribution in [2.24, 2.45) is 5.41 Å². The SMILES string of the molecule is CCC1(CNC(=O)NC(CCCO)c2ccccc2)CC1. The molecule has 1 saturated carbocycles. The molecule has 1 aliphatic rings. The van der Waals surface area contributed by atoms with Crippen LogP contribution in [0.3, 0.4) is 0 Å². The molecule has 1 atom stereocenters. The smallest absolute Gasteiger partial charge is 0.315 e. The van der Waals surface area contributed by atoms with Gasteiger partial charge in [-0.25, -0.2) is 4.79 Å². The summed E-state index contributed by atoms with van der Waals surface area (Å²) in [6.45, 7) is 3.09. The standard InChI is InChI=1S/C17H26N2O2/c1-2-17(10-11-17)13-18-16(21)19-15(9-6-12-20)14-7-4-3-5-8-14/h3-5,7-8,15,20H,2,6,9-13H2,1H3,(H2,18,19,21). The van der Waals surface area contributed by atoms with Gasteiger partial charge in [0.1, 0.15) is 0 Å². The Morgan fingerprint density at radius 3 is 2.62 bits per heavy atom. The summed E-state index contributed by atoms with van der Waals surface area (Å²) in [6, 6.07) is 9.77. The summed E-state index contributed by atoms with van der Waals surface area (Å²) in [5.41, 5.74) is 1.43. The number of carbonyl (C=O) groups is 1. The van der Waals surface area contributed by atoms with Gasteiger partial charge in [0, 0.05) is 13.2 Å². The van der Waals surface area contributed by atoms with Crippen LogP contribution >= 0.6 is 0 Å². The maximum Gasteiger partial charge on any atom is 0.315 e. The highest BCUT2D eigenvalue weighted by atomic mass is 16.3. The Bertz CT molecular complexity index is 443. The predicted molar refractivity (Wildman–Crippen MR) is 84.0 cm³/mol. The number of hydrogen-bond donors (Lipinski definition) is 3. The molecule has 0 radical (unpaired) electrons. The van der Waals surface area contributed by atoms with Crippen LogP contribution in [0.5, 0.6) is 0 Å². The van der Waals surface area contributed by atoms with E-state index in [2.05, 4.69) is 17.6 Å². The lowest BCUT2D eigenvalue weighted by atomic mass is 10.0. The van der Waals surface area contributed by atoms with Gasteiger partial charge in [-0.3, -0.25) is 0 Å². The number of amides is 2.